The third kappa shape index (κ3) is 2.79. The van der Waals surface area contributed by atoms with Gasteiger partial charge in [-0.2, -0.15) is 0 Å². The van der Waals surface area contributed by atoms with E-state index in [1.807, 2.05) is 0 Å². The molecule has 0 saturated heterocycles. The van der Waals surface area contributed by atoms with Crippen LogP contribution in [0.15, 0.2) is 18.2 Å². The lowest BCUT2D eigenvalue weighted by molar-refractivity contribution is 0.576. The first-order valence-electron chi connectivity index (χ1n) is 5.06. The summed E-state index contributed by atoms with van der Waals surface area (Å²) >= 11 is 5.82. The maximum Gasteiger partial charge on any atom is 0.225 e. The van der Waals surface area contributed by atoms with Crippen molar-refractivity contribution in [3.8, 4) is 0 Å². The highest BCUT2D eigenvalue weighted by molar-refractivity contribution is 6.28. The van der Waals surface area contributed by atoms with Crippen LogP contribution in [-0.2, 0) is 13.0 Å². The summed E-state index contributed by atoms with van der Waals surface area (Å²) in [6.07, 6.45) is 0.466. The molecule has 0 spiro atoms. The van der Waals surface area contributed by atoms with Crippen LogP contribution in [0.3, 0.4) is 0 Å². The van der Waals surface area contributed by atoms with E-state index in [0.29, 0.717) is 24.4 Å². The van der Waals surface area contributed by atoms with Crippen LogP contribution in [0.5, 0.6) is 0 Å². The smallest absolute Gasteiger partial charge is 0.225 e. The van der Waals surface area contributed by atoms with E-state index in [0.717, 1.165) is 6.07 Å². The van der Waals surface area contributed by atoms with E-state index in [9.17, 15) is 8.78 Å². The molecule has 1 aromatic carbocycles. The van der Waals surface area contributed by atoms with E-state index in [2.05, 4.69) is 10.2 Å². The number of aromatic nitrogens is 3. The number of nitrogens with zero attached hydrogens (tertiary/aromatic N) is 3. The van der Waals surface area contributed by atoms with Crippen molar-refractivity contribution >= 4 is 11.6 Å². The number of rotatable bonds is 3. The SMILES string of the molecule is Cc1nnc(Cl)n1CCc1cc(F)cc(F)c1. The van der Waals surface area contributed by atoms with Crippen molar-refractivity contribution in [2.75, 3.05) is 0 Å². The predicted octanol–water partition coefficient (Wildman–Crippen LogP) is 2.76. The second-order valence-corrected chi connectivity index (χ2v) is 4.03. The second-order valence-electron chi connectivity index (χ2n) is 3.70. The van der Waals surface area contributed by atoms with E-state index in [-0.39, 0.29) is 5.28 Å². The molecule has 17 heavy (non-hydrogen) atoms. The molecule has 0 aliphatic carbocycles. The first kappa shape index (κ1) is 12.0. The fourth-order valence-electron chi connectivity index (χ4n) is 1.61. The number of hydrogen-bond donors (Lipinski definition) is 0. The van der Waals surface area contributed by atoms with Gasteiger partial charge in [0.2, 0.25) is 5.28 Å². The van der Waals surface area contributed by atoms with E-state index in [4.69, 9.17) is 11.6 Å². The number of halogens is 3. The Balaban J connectivity index is 2.12. The van der Waals surface area contributed by atoms with Crippen molar-refractivity contribution in [3.63, 3.8) is 0 Å². The lowest BCUT2D eigenvalue weighted by atomic mass is 10.1. The molecule has 0 N–H and O–H groups in total. The molecule has 0 fully saturated rings. The van der Waals surface area contributed by atoms with Crippen LogP contribution < -0.4 is 0 Å². The van der Waals surface area contributed by atoms with Crippen LogP contribution >= 0.6 is 11.6 Å². The summed E-state index contributed by atoms with van der Waals surface area (Å²) in [5.74, 6) is -0.481. The van der Waals surface area contributed by atoms with Crippen molar-refractivity contribution in [1.29, 1.82) is 0 Å². The number of hydrogen-bond acceptors (Lipinski definition) is 2. The Hall–Kier alpha value is -1.49. The molecule has 0 saturated carbocycles. The highest BCUT2D eigenvalue weighted by atomic mass is 35.5. The fourth-order valence-corrected chi connectivity index (χ4v) is 1.85. The van der Waals surface area contributed by atoms with Gasteiger partial charge in [-0.3, -0.25) is 0 Å². The Morgan fingerprint density at radius 3 is 2.35 bits per heavy atom. The van der Waals surface area contributed by atoms with Gasteiger partial charge in [-0.15, -0.1) is 10.2 Å². The monoisotopic (exact) mass is 257 g/mol. The quantitative estimate of drug-likeness (QED) is 0.847. The van der Waals surface area contributed by atoms with Crippen LogP contribution in [-0.4, -0.2) is 14.8 Å². The fraction of sp³-hybridized carbons (Fsp3) is 0.273. The van der Waals surface area contributed by atoms with Crippen molar-refractivity contribution in [2.45, 2.75) is 19.9 Å². The summed E-state index contributed by atoms with van der Waals surface area (Å²) in [4.78, 5) is 0. The van der Waals surface area contributed by atoms with Crippen LogP contribution in [0.2, 0.25) is 5.28 Å². The van der Waals surface area contributed by atoms with E-state index in [1.165, 1.54) is 12.1 Å². The molecule has 0 aliphatic rings. The lowest BCUT2D eigenvalue weighted by Crippen LogP contribution is -2.04. The second kappa shape index (κ2) is 4.79. The molecule has 0 atom stereocenters. The van der Waals surface area contributed by atoms with Gasteiger partial charge in [-0.05, 0) is 42.6 Å². The zero-order valence-electron chi connectivity index (χ0n) is 9.12. The Kier molecular flexibility index (Phi) is 3.38. The Morgan fingerprint density at radius 2 is 1.82 bits per heavy atom. The van der Waals surface area contributed by atoms with Gasteiger partial charge >= 0.3 is 0 Å². The van der Waals surface area contributed by atoms with Gasteiger partial charge in [-0.1, -0.05) is 0 Å². The van der Waals surface area contributed by atoms with E-state index >= 15 is 0 Å². The summed E-state index contributed by atoms with van der Waals surface area (Å²) < 4.78 is 27.6. The zero-order chi connectivity index (χ0) is 12.4. The third-order valence-corrected chi connectivity index (χ3v) is 2.72. The number of aryl methyl sites for hydroxylation is 2. The topological polar surface area (TPSA) is 30.7 Å². The molecule has 3 nitrogen and oxygen atoms in total. The molecule has 0 aliphatic heterocycles. The van der Waals surface area contributed by atoms with Crippen molar-refractivity contribution < 1.29 is 8.78 Å². The van der Waals surface area contributed by atoms with Crippen molar-refractivity contribution in [2.24, 2.45) is 0 Å². The molecule has 2 rings (SSSR count). The Bertz CT molecular complexity index is 500. The van der Waals surface area contributed by atoms with Gasteiger partial charge in [-0.25, -0.2) is 8.78 Å². The predicted molar refractivity (Wildman–Crippen MR) is 59.8 cm³/mol. The summed E-state index contributed by atoms with van der Waals surface area (Å²) in [7, 11) is 0. The zero-order valence-corrected chi connectivity index (χ0v) is 9.88. The standard InChI is InChI=1S/C11H10ClF2N3/c1-7-15-16-11(12)17(7)3-2-8-4-9(13)6-10(14)5-8/h4-6H,2-3H2,1H3. The minimum atomic E-state index is -0.577. The maximum atomic E-state index is 13.0. The largest absolute Gasteiger partial charge is 0.302 e. The van der Waals surface area contributed by atoms with Crippen molar-refractivity contribution in [1.82, 2.24) is 14.8 Å². The van der Waals surface area contributed by atoms with Crippen LogP contribution in [0.1, 0.15) is 11.4 Å². The molecule has 0 unspecified atom stereocenters. The van der Waals surface area contributed by atoms with Gasteiger partial charge in [0, 0.05) is 12.6 Å². The highest BCUT2D eigenvalue weighted by Gasteiger charge is 2.07. The van der Waals surface area contributed by atoms with Gasteiger partial charge in [0.05, 0.1) is 0 Å². The van der Waals surface area contributed by atoms with Gasteiger partial charge < -0.3 is 4.57 Å². The summed E-state index contributed by atoms with van der Waals surface area (Å²) in [5.41, 5.74) is 0.576. The molecule has 2 aromatic rings. The average molecular weight is 258 g/mol. The molecular formula is C11H10ClF2N3. The highest BCUT2D eigenvalue weighted by Crippen LogP contribution is 2.12. The molecular weight excluding hydrogens is 248 g/mol. The minimum absolute atomic E-state index is 0.277. The lowest BCUT2D eigenvalue weighted by Gasteiger charge is -2.05. The summed E-state index contributed by atoms with van der Waals surface area (Å²) in [6, 6.07) is 3.45. The summed E-state index contributed by atoms with van der Waals surface area (Å²) in [5, 5.41) is 7.77. The molecule has 1 heterocycles. The molecule has 90 valence electrons. The van der Waals surface area contributed by atoms with Crippen molar-refractivity contribution in [3.05, 3.63) is 46.5 Å². The van der Waals surface area contributed by atoms with E-state index in [1.54, 1.807) is 11.5 Å². The average Bonchev–Trinajstić information content (AvgIpc) is 2.55. The van der Waals surface area contributed by atoms with Crippen LogP contribution in [0.25, 0.3) is 0 Å². The first-order valence-corrected chi connectivity index (χ1v) is 5.44. The third-order valence-electron chi connectivity index (χ3n) is 2.44. The Labute approximate surface area is 102 Å². The van der Waals surface area contributed by atoms with Gasteiger partial charge in [0.25, 0.3) is 0 Å². The minimum Gasteiger partial charge on any atom is -0.302 e. The van der Waals surface area contributed by atoms with Gasteiger partial charge in [0.1, 0.15) is 17.5 Å². The first-order chi connectivity index (χ1) is 8.06. The van der Waals surface area contributed by atoms with Gasteiger partial charge in [0.15, 0.2) is 0 Å². The normalized spacial score (nSPS) is 10.8. The number of benzene rings is 1. The Morgan fingerprint density at radius 1 is 1.18 bits per heavy atom. The van der Waals surface area contributed by atoms with Crippen LogP contribution in [0, 0.1) is 18.6 Å². The molecule has 6 heteroatoms. The van der Waals surface area contributed by atoms with E-state index < -0.39 is 11.6 Å². The molecule has 0 bridgehead atoms. The molecule has 0 radical (unpaired) electrons. The molecule has 0 amide bonds. The summed E-state index contributed by atoms with van der Waals surface area (Å²) in [6.45, 7) is 2.26. The maximum absolute atomic E-state index is 13.0. The molecule has 1 aromatic heterocycles. The van der Waals surface area contributed by atoms with Crippen LogP contribution in [0.4, 0.5) is 8.78 Å².